The van der Waals surface area contributed by atoms with Crippen molar-refractivity contribution in [3.63, 3.8) is 0 Å². The zero-order valence-electron chi connectivity index (χ0n) is 12.5. The van der Waals surface area contributed by atoms with Crippen LogP contribution in [0.3, 0.4) is 0 Å². The number of rotatable bonds is 6. The summed E-state index contributed by atoms with van der Waals surface area (Å²) in [5, 5.41) is 11.3. The Balaban J connectivity index is 2.47. The summed E-state index contributed by atoms with van der Waals surface area (Å²) in [6.45, 7) is 8.90. The van der Waals surface area contributed by atoms with Gasteiger partial charge in [-0.15, -0.1) is 0 Å². The van der Waals surface area contributed by atoms with Crippen molar-refractivity contribution in [1.29, 1.82) is 0 Å². The van der Waals surface area contributed by atoms with Crippen molar-refractivity contribution in [3.05, 3.63) is 12.2 Å². The third-order valence-corrected chi connectivity index (χ3v) is 3.64. The predicted molar refractivity (Wildman–Crippen MR) is 77.5 cm³/mol. The lowest BCUT2D eigenvalue weighted by Crippen LogP contribution is -2.54. The van der Waals surface area contributed by atoms with Crippen LogP contribution in [0.5, 0.6) is 0 Å². The molecular formula is C14H25N3O3. The summed E-state index contributed by atoms with van der Waals surface area (Å²) in [5.41, 5.74) is 0. The minimum Gasteiger partial charge on any atom is -0.478 e. The molecule has 1 aliphatic heterocycles. The Morgan fingerprint density at radius 1 is 1.20 bits per heavy atom. The van der Waals surface area contributed by atoms with E-state index in [1.54, 1.807) is 0 Å². The van der Waals surface area contributed by atoms with Crippen LogP contribution >= 0.6 is 0 Å². The second-order valence-electron chi connectivity index (χ2n) is 5.57. The van der Waals surface area contributed by atoms with Crippen molar-refractivity contribution < 1.29 is 14.7 Å². The van der Waals surface area contributed by atoms with E-state index in [4.69, 9.17) is 5.11 Å². The van der Waals surface area contributed by atoms with Crippen molar-refractivity contribution in [2.75, 3.05) is 39.8 Å². The molecule has 20 heavy (non-hydrogen) atoms. The molecule has 0 bridgehead atoms. The number of hydrogen-bond acceptors (Lipinski definition) is 4. The number of likely N-dealkylation sites (N-methyl/N-ethyl adjacent to an activating group) is 1. The highest BCUT2D eigenvalue weighted by Crippen LogP contribution is 2.12. The molecule has 1 saturated heterocycles. The van der Waals surface area contributed by atoms with E-state index in [1.807, 2.05) is 0 Å². The monoisotopic (exact) mass is 283 g/mol. The number of carbonyl (C=O) groups is 2. The summed E-state index contributed by atoms with van der Waals surface area (Å²) in [7, 11) is 2.11. The molecular weight excluding hydrogens is 258 g/mol. The summed E-state index contributed by atoms with van der Waals surface area (Å²) < 4.78 is 0. The molecule has 1 unspecified atom stereocenters. The molecule has 1 amide bonds. The Labute approximate surface area is 120 Å². The average Bonchev–Trinajstić information content (AvgIpc) is 2.38. The van der Waals surface area contributed by atoms with Crippen LogP contribution in [0.1, 0.15) is 13.8 Å². The van der Waals surface area contributed by atoms with E-state index in [2.05, 4.69) is 36.0 Å². The van der Waals surface area contributed by atoms with Crippen molar-refractivity contribution >= 4 is 11.9 Å². The molecule has 0 aromatic carbocycles. The average molecular weight is 283 g/mol. The first-order valence-electron chi connectivity index (χ1n) is 7.01. The fraction of sp³-hybridized carbons (Fsp3) is 0.714. The van der Waals surface area contributed by atoms with Crippen LogP contribution in [0.4, 0.5) is 0 Å². The Hall–Kier alpha value is -1.40. The van der Waals surface area contributed by atoms with E-state index in [-0.39, 0.29) is 11.9 Å². The highest BCUT2D eigenvalue weighted by molar-refractivity contribution is 5.93. The lowest BCUT2D eigenvalue weighted by atomic mass is 10.0. The maximum absolute atomic E-state index is 11.5. The first kappa shape index (κ1) is 16.7. The highest BCUT2D eigenvalue weighted by Gasteiger charge is 2.24. The molecule has 2 N–H and O–H groups in total. The maximum Gasteiger partial charge on any atom is 0.328 e. The second kappa shape index (κ2) is 8.01. The lowest BCUT2D eigenvalue weighted by Gasteiger charge is -2.39. The van der Waals surface area contributed by atoms with Crippen LogP contribution in [-0.2, 0) is 9.59 Å². The number of carboxylic acid groups (broad SMARTS) is 1. The summed E-state index contributed by atoms with van der Waals surface area (Å²) >= 11 is 0. The molecule has 0 radical (unpaired) electrons. The molecule has 1 rings (SSSR count). The van der Waals surface area contributed by atoms with Crippen molar-refractivity contribution in [2.45, 2.75) is 19.9 Å². The molecule has 1 atom stereocenters. The molecule has 114 valence electrons. The topological polar surface area (TPSA) is 72.9 Å². The Kier molecular flexibility index (Phi) is 6.67. The number of aliphatic carboxylic acids is 1. The number of nitrogens with zero attached hydrogens (tertiary/aromatic N) is 2. The minimum absolute atomic E-state index is 0.283. The molecule has 6 nitrogen and oxygen atoms in total. The molecule has 0 aromatic heterocycles. The van der Waals surface area contributed by atoms with Gasteiger partial charge in [0.15, 0.2) is 0 Å². The standard InChI is InChI=1S/C14H25N3O3/c1-11(2)12(17-8-6-16(3)7-9-17)10-15-13(18)4-5-14(19)20/h4-5,11-12H,6-10H2,1-3H3,(H,15,18)(H,19,20). The van der Waals surface area contributed by atoms with Gasteiger partial charge in [0.05, 0.1) is 0 Å². The van der Waals surface area contributed by atoms with Gasteiger partial charge in [0, 0.05) is 50.9 Å². The number of amides is 1. The number of carbonyl (C=O) groups excluding carboxylic acids is 1. The fourth-order valence-corrected chi connectivity index (χ4v) is 2.35. The fourth-order valence-electron chi connectivity index (χ4n) is 2.35. The predicted octanol–water partition coefficient (Wildman–Crippen LogP) is 0.0154. The van der Waals surface area contributed by atoms with Gasteiger partial charge in [-0.2, -0.15) is 0 Å². The summed E-state index contributed by atoms with van der Waals surface area (Å²) in [6, 6.07) is 0.283. The lowest BCUT2D eigenvalue weighted by molar-refractivity contribution is -0.131. The highest BCUT2D eigenvalue weighted by atomic mass is 16.4. The van der Waals surface area contributed by atoms with Crippen LogP contribution in [-0.4, -0.2) is 72.6 Å². The zero-order valence-corrected chi connectivity index (χ0v) is 12.5. The Morgan fingerprint density at radius 3 is 2.30 bits per heavy atom. The SMILES string of the molecule is CC(C)C(CNC(=O)C=CC(=O)O)N1CCN(C)CC1. The molecule has 0 aliphatic carbocycles. The minimum atomic E-state index is -1.11. The van der Waals surface area contributed by atoms with Crippen LogP contribution in [0.2, 0.25) is 0 Å². The van der Waals surface area contributed by atoms with Gasteiger partial charge in [-0.3, -0.25) is 9.69 Å². The van der Waals surface area contributed by atoms with Gasteiger partial charge >= 0.3 is 5.97 Å². The number of carboxylic acids is 1. The second-order valence-corrected chi connectivity index (χ2v) is 5.57. The molecule has 1 fully saturated rings. The smallest absolute Gasteiger partial charge is 0.328 e. The van der Waals surface area contributed by atoms with Gasteiger partial charge in [-0.1, -0.05) is 13.8 Å². The van der Waals surface area contributed by atoms with E-state index >= 15 is 0 Å². The Bertz CT molecular complexity index is 361. The first-order valence-corrected chi connectivity index (χ1v) is 7.01. The molecule has 0 aromatic rings. The number of piperazine rings is 1. The zero-order chi connectivity index (χ0) is 15.1. The summed E-state index contributed by atoms with van der Waals surface area (Å²) in [5.74, 6) is -1.03. The van der Waals surface area contributed by atoms with Gasteiger partial charge in [-0.25, -0.2) is 4.79 Å². The van der Waals surface area contributed by atoms with Gasteiger partial charge in [0.25, 0.3) is 0 Å². The van der Waals surface area contributed by atoms with Crippen LogP contribution < -0.4 is 5.32 Å². The summed E-state index contributed by atoms with van der Waals surface area (Å²) in [4.78, 5) is 26.6. The molecule has 1 aliphatic rings. The largest absolute Gasteiger partial charge is 0.478 e. The number of nitrogens with one attached hydrogen (secondary N) is 1. The third-order valence-electron chi connectivity index (χ3n) is 3.64. The maximum atomic E-state index is 11.5. The normalized spacial score (nSPS) is 19.4. The summed E-state index contributed by atoms with van der Waals surface area (Å²) in [6.07, 6.45) is 1.92. The molecule has 0 spiro atoms. The van der Waals surface area contributed by atoms with E-state index in [1.165, 1.54) is 0 Å². The van der Waals surface area contributed by atoms with Crippen molar-refractivity contribution in [3.8, 4) is 0 Å². The van der Waals surface area contributed by atoms with Gasteiger partial charge < -0.3 is 15.3 Å². The van der Waals surface area contributed by atoms with Crippen molar-refractivity contribution in [2.24, 2.45) is 5.92 Å². The molecule has 0 saturated carbocycles. The van der Waals surface area contributed by atoms with Crippen LogP contribution in [0.15, 0.2) is 12.2 Å². The van der Waals surface area contributed by atoms with Gasteiger partial charge in [-0.05, 0) is 13.0 Å². The van der Waals surface area contributed by atoms with Crippen LogP contribution in [0, 0.1) is 5.92 Å². The number of hydrogen-bond donors (Lipinski definition) is 2. The van der Waals surface area contributed by atoms with E-state index in [0.717, 1.165) is 38.3 Å². The Morgan fingerprint density at radius 2 is 1.80 bits per heavy atom. The quantitative estimate of drug-likeness (QED) is 0.672. The van der Waals surface area contributed by atoms with Gasteiger partial charge in [0.1, 0.15) is 0 Å². The molecule has 1 heterocycles. The molecule has 6 heteroatoms. The van der Waals surface area contributed by atoms with E-state index in [0.29, 0.717) is 12.5 Å². The first-order chi connectivity index (χ1) is 9.40. The van der Waals surface area contributed by atoms with E-state index < -0.39 is 5.97 Å². The van der Waals surface area contributed by atoms with Crippen molar-refractivity contribution in [1.82, 2.24) is 15.1 Å². The van der Waals surface area contributed by atoms with E-state index in [9.17, 15) is 9.59 Å². The van der Waals surface area contributed by atoms with Crippen LogP contribution in [0.25, 0.3) is 0 Å². The third kappa shape index (κ3) is 5.71. The van der Waals surface area contributed by atoms with Gasteiger partial charge in [0.2, 0.25) is 5.91 Å².